The molecule has 0 unspecified atom stereocenters. The topological polar surface area (TPSA) is 33.5 Å². The second kappa shape index (κ2) is 16.5. The summed E-state index contributed by atoms with van der Waals surface area (Å²) in [4.78, 5) is 9.54. The monoisotopic (exact) mass is 1010 g/mol. The number of allylic oxidation sites excluding steroid dienone is 1. The van der Waals surface area contributed by atoms with Crippen LogP contribution in [0.15, 0.2) is 127 Å². The summed E-state index contributed by atoms with van der Waals surface area (Å²) in [5.41, 5.74) is 10.9. The van der Waals surface area contributed by atoms with E-state index in [0.29, 0.717) is 11.5 Å². The third-order valence-corrected chi connectivity index (χ3v) is 12.4. The first-order chi connectivity index (χ1) is 29.0. The molecule has 0 N–H and O–H groups in total. The molecule has 1 aliphatic rings. The predicted molar refractivity (Wildman–Crippen MR) is 261 cm³/mol. The molecular formula is C57H63N4OPt-3. The van der Waals surface area contributed by atoms with Gasteiger partial charge >= 0.3 is 0 Å². The van der Waals surface area contributed by atoms with E-state index in [-0.39, 0.29) is 48.1 Å². The van der Waals surface area contributed by atoms with Crippen molar-refractivity contribution < 1.29 is 25.8 Å². The van der Waals surface area contributed by atoms with Gasteiger partial charge in [0.25, 0.3) is 0 Å². The minimum Gasteiger partial charge on any atom is -0.509 e. The van der Waals surface area contributed by atoms with E-state index in [4.69, 9.17) is 9.72 Å². The molecule has 0 radical (unpaired) electrons. The van der Waals surface area contributed by atoms with Crippen molar-refractivity contribution in [2.75, 3.05) is 9.80 Å². The van der Waals surface area contributed by atoms with Gasteiger partial charge in [-0.1, -0.05) is 157 Å². The van der Waals surface area contributed by atoms with Crippen LogP contribution in [0.2, 0.25) is 0 Å². The Kier molecular flexibility index (Phi) is 12.0. The maximum Gasteiger partial charge on any atom is 0.135 e. The Balaban J connectivity index is 0.00000595. The van der Waals surface area contributed by atoms with Crippen LogP contribution in [0.3, 0.4) is 0 Å². The molecule has 63 heavy (non-hydrogen) atoms. The van der Waals surface area contributed by atoms with Gasteiger partial charge in [0.1, 0.15) is 5.82 Å². The zero-order valence-corrected chi connectivity index (χ0v) is 41.9. The third kappa shape index (κ3) is 9.14. The Labute approximate surface area is 391 Å². The Bertz CT molecular complexity index is 2790. The Hall–Kier alpha value is -5.12. The van der Waals surface area contributed by atoms with Crippen molar-refractivity contribution in [2.24, 2.45) is 5.41 Å². The molecule has 5 nitrogen and oxygen atoms in total. The fraction of sp³-hybridized carbons (Fsp3) is 0.333. The quantitative estimate of drug-likeness (QED) is 0.149. The molecule has 3 heterocycles. The van der Waals surface area contributed by atoms with Gasteiger partial charge < -0.3 is 19.1 Å². The van der Waals surface area contributed by atoms with Crippen LogP contribution in [-0.4, -0.2) is 9.55 Å². The molecule has 6 heteroatoms. The molecule has 8 rings (SSSR count). The average molecular weight is 1020 g/mol. The molecule has 0 saturated heterocycles. The molecule has 7 aromatic rings. The van der Waals surface area contributed by atoms with Crippen LogP contribution in [0.1, 0.15) is 125 Å². The maximum absolute atomic E-state index is 6.87. The number of anilines is 2. The van der Waals surface area contributed by atoms with Crippen molar-refractivity contribution in [2.45, 2.75) is 119 Å². The zero-order chi connectivity index (χ0) is 44.6. The van der Waals surface area contributed by atoms with Crippen LogP contribution in [-0.2, 0) is 42.7 Å². The number of hydrogen-bond acceptors (Lipinski definition) is 4. The van der Waals surface area contributed by atoms with Gasteiger partial charge in [-0.2, -0.15) is 6.07 Å². The van der Waals surface area contributed by atoms with E-state index in [1.54, 1.807) is 0 Å². The Morgan fingerprint density at radius 3 is 1.79 bits per heavy atom. The summed E-state index contributed by atoms with van der Waals surface area (Å²) in [5, 5.41) is 2.23. The van der Waals surface area contributed by atoms with Gasteiger partial charge in [0.2, 0.25) is 0 Å². The largest absolute Gasteiger partial charge is 0.509 e. The first-order valence-corrected chi connectivity index (χ1v) is 22.0. The van der Waals surface area contributed by atoms with Gasteiger partial charge in [-0.05, 0) is 80.4 Å². The van der Waals surface area contributed by atoms with Crippen LogP contribution in [0.5, 0.6) is 11.5 Å². The van der Waals surface area contributed by atoms with Crippen LogP contribution in [0.25, 0.3) is 27.6 Å². The second-order valence-corrected chi connectivity index (χ2v) is 21.7. The van der Waals surface area contributed by atoms with E-state index in [1.165, 1.54) is 28.0 Å². The summed E-state index contributed by atoms with van der Waals surface area (Å²) in [6, 6.07) is 46.6. The molecule has 0 aliphatic carbocycles. The van der Waals surface area contributed by atoms with Crippen LogP contribution in [0, 0.1) is 24.2 Å². The molecule has 330 valence electrons. The van der Waals surface area contributed by atoms with E-state index in [2.05, 4.69) is 239 Å². The van der Waals surface area contributed by atoms with E-state index < -0.39 is 0 Å². The zero-order valence-electron chi connectivity index (χ0n) is 39.6. The molecule has 0 amide bonds. The van der Waals surface area contributed by atoms with Gasteiger partial charge in [-0.25, -0.2) is 4.98 Å². The summed E-state index contributed by atoms with van der Waals surface area (Å²) in [6.45, 7) is 34.1. The average Bonchev–Trinajstić information content (AvgIpc) is 3.81. The van der Waals surface area contributed by atoms with Gasteiger partial charge in [0.15, 0.2) is 0 Å². The number of rotatable bonds is 7. The summed E-state index contributed by atoms with van der Waals surface area (Å²) in [7, 11) is 0. The SMILES string of the molecule is CC(C)(C)C1=CN(c2cc(C(C)(C)C)cc(C(C)(C)C)c2)[CH-]N1c1[c-]c(Oc2[c-]c3c(cc2)c2ccccc2n3-c2cc(C(C)(C)c3ccccc3)ccn2)cc(C(C)(C)C)c1.[Pt]. The summed E-state index contributed by atoms with van der Waals surface area (Å²) in [5.74, 6) is 2.09. The van der Waals surface area contributed by atoms with Crippen molar-refractivity contribution in [3.05, 3.63) is 174 Å². The Morgan fingerprint density at radius 1 is 0.540 bits per heavy atom. The molecule has 0 bridgehead atoms. The minimum atomic E-state index is -0.223. The van der Waals surface area contributed by atoms with E-state index in [9.17, 15) is 0 Å². The number of fused-ring (bicyclic) bond motifs is 3. The molecule has 0 spiro atoms. The van der Waals surface area contributed by atoms with Crippen molar-refractivity contribution in [1.82, 2.24) is 9.55 Å². The number of nitrogens with zero attached hydrogens (tertiary/aromatic N) is 4. The van der Waals surface area contributed by atoms with Gasteiger partial charge in [-0.3, -0.25) is 0 Å². The number of pyridine rings is 1. The summed E-state index contributed by atoms with van der Waals surface area (Å²) < 4.78 is 9.08. The van der Waals surface area contributed by atoms with Crippen molar-refractivity contribution in [1.29, 1.82) is 0 Å². The standard InChI is InChI=1S/C57H63N4O.Pt/c1-53(2,3)40-28-41(54(4,5)6)30-43(29-40)59-36-51(56(10,11)12)60(37-59)44-31-42(55(7,8)9)32-46(34-44)62-45-24-25-48-47-22-18-19-23-49(47)61(50(48)35-45)52-33-39(26-27-58-52)57(13,14)38-20-16-15-17-21-38;/h15-33,36-37H,1-14H3;/q-3;. The summed E-state index contributed by atoms with van der Waals surface area (Å²) in [6.07, 6.45) is 4.21. The molecule has 0 saturated carbocycles. The molecular weight excluding hydrogens is 952 g/mol. The maximum atomic E-state index is 6.87. The number of aromatic nitrogens is 2. The number of benzene rings is 5. The molecule has 0 atom stereocenters. The van der Waals surface area contributed by atoms with Gasteiger partial charge in [0, 0.05) is 66.5 Å². The van der Waals surface area contributed by atoms with E-state index in [0.717, 1.165) is 44.6 Å². The number of para-hydroxylation sites is 1. The first kappa shape index (κ1) is 45.9. The Morgan fingerprint density at radius 2 is 1.16 bits per heavy atom. The number of hydrogen-bond donors (Lipinski definition) is 0. The minimum absolute atomic E-state index is 0. The van der Waals surface area contributed by atoms with E-state index in [1.807, 2.05) is 12.3 Å². The van der Waals surface area contributed by atoms with Crippen LogP contribution < -0.4 is 14.5 Å². The molecule has 0 fully saturated rings. The smallest absolute Gasteiger partial charge is 0.135 e. The molecule has 2 aromatic heterocycles. The third-order valence-electron chi connectivity index (χ3n) is 12.4. The molecule has 5 aromatic carbocycles. The fourth-order valence-electron chi connectivity index (χ4n) is 8.32. The fourth-order valence-corrected chi connectivity index (χ4v) is 8.32. The van der Waals surface area contributed by atoms with E-state index >= 15 is 0 Å². The first-order valence-electron chi connectivity index (χ1n) is 22.0. The van der Waals surface area contributed by atoms with Crippen molar-refractivity contribution in [3.8, 4) is 17.3 Å². The van der Waals surface area contributed by atoms with Crippen LogP contribution in [0.4, 0.5) is 11.4 Å². The van der Waals surface area contributed by atoms with Gasteiger partial charge in [-0.15, -0.1) is 53.6 Å². The predicted octanol–water partition coefficient (Wildman–Crippen LogP) is 15.1. The second-order valence-electron chi connectivity index (χ2n) is 21.7. The van der Waals surface area contributed by atoms with Crippen molar-refractivity contribution in [3.63, 3.8) is 0 Å². The van der Waals surface area contributed by atoms with Crippen LogP contribution >= 0.6 is 0 Å². The molecule has 1 aliphatic heterocycles. The normalized spacial score (nSPS) is 14.0. The summed E-state index contributed by atoms with van der Waals surface area (Å²) >= 11 is 0. The van der Waals surface area contributed by atoms with Gasteiger partial charge in [0.05, 0.1) is 0 Å². The van der Waals surface area contributed by atoms with Crippen molar-refractivity contribution >= 4 is 33.2 Å². The number of ether oxygens (including phenoxy) is 1.